The van der Waals surface area contributed by atoms with E-state index in [9.17, 15) is 33.9 Å². The molecule has 2 unspecified atom stereocenters. The summed E-state index contributed by atoms with van der Waals surface area (Å²) in [6.45, 7) is 6.03. The molecular weight excluding hydrogens is 884 g/mol. The highest BCUT2D eigenvalue weighted by Gasteiger charge is 2.64. The monoisotopic (exact) mass is 946 g/mol. The fourth-order valence-corrected chi connectivity index (χ4v) is 10.7. The number of hydrogen-bond donors (Lipinski definition) is 3. The number of thioether (sulfide) groups is 1. The van der Waals surface area contributed by atoms with Crippen LogP contribution in [0.2, 0.25) is 5.02 Å². The van der Waals surface area contributed by atoms with Crippen LogP contribution in [0, 0.1) is 17.8 Å². The number of ether oxygens (including phenoxy) is 6. The lowest BCUT2D eigenvalue weighted by Crippen LogP contribution is -2.63. The molecule has 358 valence electrons. The molecule has 5 amide bonds. The number of alkyl carbamates (subject to hydrolysis) is 1. The minimum absolute atomic E-state index is 0.00542. The molecule has 3 saturated heterocycles. The average Bonchev–Trinajstić information content (AvgIpc) is 3.90. The van der Waals surface area contributed by atoms with Crippen molar-refractivity contribution < 1.29 is 62.3 Å². The maximum absolute atomic E-state index is 14.2. The van der Waals surface area contributed by atoms with Gasteiger partial charge >= 0.3 is 12.1 Å². The molecule has 1 aromatic carbocycles. The Morgan fingerprint density at radius 1 is 1.08 bits per heavy atom. The summed E-state index contributed by atoms with van der Waals surface area (Å²) in [5.41, 5.74) is -0.922. The van der Waals surface area contributed by atoms with E-state index in [0.29, 0.717) is 30.2 Å². The van der Waals surface area contributed by atoms with Crippen LogP contribution in [0.15, 0.2) is 35.9 Å². The molecule has 3 N–H and O–H groups in total. The summed E-state index contributed by atoms with van der Waals surface area (Å²) >= 11 is 8.12. The van der Waals surface area contributed by atoms with Crippen LogP contribution in [0.4, 0.5) is 10.5 Å². The Balaban J connectivity index is 1.09. The van der Waals surface area contributed by atoms with Crippen LogP contribution < -0.4 is 20.3 Å². The third kappa shape index (κ3) is 11.9. The van der Waals surface area contributed by atoms with Gasteiger partial charge in [0.25, 0.3) is 0 Å². The van der Waals surface area contributed by atoms with Crippen LogP contribution in [-0.4, -0.2) is 141 Å². The first-order valence-corrected chi connectivity index (χ1v) is 23.7. The SMILES string of the molecule is CNC(=O)[C@H]1CC[C@H](CN2C(=O)CC(SCCOCCC(=O)O[C@H]3CC(=O)N(C)c4cc(cc(OC)c4Cl)C/C(C)=C/C=C/[C@@H](OC)[C@@]4(O)C[C@H](OC(=O)N4)[C@@H](C)[C@@H]4OC34C)C2=O)CC1. The largest absolute Gasteiger partial charge is 0.495 e. The van der Waals surface area contributed by atoms with Gasteiger partial charge in [0, 0.05) is 58.2 Å². The van der Waals surface area contributed by atoms with Crippen molar-refractivity contribution in [3.8, 4) is 5.75 Å². The van der Waals surface area contributed by atoms with Gasteiger partial charge in [-0.3, -0.25) is 34.2 Å². The number of carbonyl (C=O) groups excluding carboxylic acids is 6. The molecule has 65 heavy (non-hydrogen) atoms. The first-order chi connectivity index (χ1) is 30.9. The summed E-state index contributed by atoms with van der Waals surface area (Å²) in [7, 11) is 6.13. The van der Waals surface area contributed by atoms with Crippen LogP contribution >= 0.6 is 23.4 Å². The number of hydrogen-bond acceptors (Lipinski definition) is 14. The Morgan fingerprint density at radius 2 is 1.82 bits per heavy atom. The van der Waals surface area contributed by atoms with Crippen molar-refractivity contribution in [2.75, 3.05) is 58.7 Å². The zero-order chi connectivity index (χ0) is 47.2. The van der Waals surface area contributed by atoms with Gasteiger partial charge in [-0.1, -0.05) is 42.3 Å². The lowest BCUT2D eigenvalue weighted by molar-refractivity contribution is -0.155. The summed E-state index contributed by atoms with van der Waals surface area (Å²) in [6, 6.07) is 3.58. The molecule has 4 fully saturated rings. The van der Waals surface area contributed by atoms with E-state index in [1.54, 1.807) is 52.2 Å². The topological polar surface area (TPSA) is 212 Å². The lowest BCUT2D eigenvalue weighted by atomic mass is 9.81. The van der Waals surface area contributed by atoms with E-state index in [0.717, 1.165) is 36.8 Å². The number of halogens is 1. The predicted molar refractivity (Wildman–Crippen MR) is 241 cm³/mol. The van der Waals surface area contributed by atoms with E-state index in [-0.39, 0.29) is 73.5 Å². The Kier molecular flexibility index (Phi) is 16.7. The molecule has 6 rings (SSSR count). The molecule has 4 aliphatic heterocycles. The highest BCUT2D eigenvalue weighted by Crippen LogP contribution is 2.49. The number of likely N-dealkylation sites (tertiary alicyclic amines) is 1. The second-order valence-corrected chi connectivity index (χ2v) is 19.6. The van der Waals surface area contributed by atoms with Crippen molar-refractivity contribution in [1.29, 1.82) is 0 Å². The molecule has 1 saturated carbocycles. The standard InChI is InChI=1S/C46H63ClN4O13S/c1-26-9-8-10-35(60-7)46(58)24-33(62-44(57)49-46)27(2)41-45(3,64-41)36(23-37(52)50(5)31-20-29(19-26)21-32(59-6)40(31)47)63-39(54)15-16-61-17-18-65-34-22-38(53)51(43(34)56)25-28-11-13-30(14-12-28)42(55)48-4/h8-10,20-21,27-28,30,33-36,41,58H,11-19,22-25H2,1-7H3,(H,48,55)(H,49,57)/b10-8+,26-9+/t27-,28-,30-,33+,34?,35-,36+,41+,45?,46+/m1/s1. The highest BCUT2D eigenvalue weighted by atomic mass is 35.5. The summed E-state index contributed by atoms with van der Waals surface area (Å²) in [5.74, 6) is -1.02. The smallest absolute Gasteiger partial charge is 0.409 e. The van der Waals surface area contributed by atoms with Gasteiger partial charge in [-0.25, -0.2) is 4.79 Å². The van der Waals surface area contributed by atoms with Gasteiger partial charge in [0.15, 0.2) is 5.72 Å². The number of imide groups is 1. The van der Waals surface area contributed by atoms with Gasteiger partial charge in [-0.05, 0) is 69.6 Å². The number of nitrogens with one attached hydrogen (secondary N) is 2. The van der Waals surface area contributed by atoms with Crippen molar-refractivity contribution in [2.45, 2.75) is 120 Å². The number of anilines is 1. The van der Waals surface area contributed by atoms with E-state index >= 15 is 0 Å². The number of rotatable bonds is 13. The number of benzene rings is 1. The zero-order valence-electron chi connectivity index (χ0n) is 38.2. The van der Waals surface area contributed by atoms with Gasteiger partial charge in [-0.15, -0.1) is 11.8 Å². The number of carbonyl (C=O) groups is 6. The molecule has 5 aliphatic rings. The molecule has 0 spiro atoms. The molecule has 1 aliphatic carbocycles. The summed E-state index contributed by atoms with van der Waals surface area (Å²) < 4.78 is 35.0. The Hall–Kier alpha value is -4.20. The van der Waals surface area contributed by atoms with Gasteiger partial charge in [-0.2, -0.15) is 0 Å². The molecule has 8 atom stereocenters. The molecule has 0 radical (unpaired) electrons. The van der Waals surface area contributed by atoms with Crippen molar-refractivity contribution in [3.05, 3.63) is 46.5 Å². The minimum Gasteiger partial charge on any atom is -0.495 e. The molecule has 0 aromatic heterocycles. The Bertz CT molecular complexity index is 2030. The van der Waals surface area contributed by atoms with Gasteiger partial charge in [0.1, 0.15) is 34.7 Å². The predicted octanol–water partition coefficient (Wildman–Crippen LogP) is 4.49. The average molecular weight is 948 g/mol. The molecule has 19 heteroatoms. The summed E-state index contributed by atoms with van der Waals surface area (Å²) in [5, 5.41) is 16.7. The van der Waals surface area contributed by atoms with Crippen LogP contribution in [-0.2, 0) is 54.1 Å². The second-order valence-electron chi connectivity index (χ2n) is 17.9. The van der Waals surface area contributed by atoms with Crippen molar-refractivity contribution in [1.82, 2.24) is 15.5 Å². The Morgan fingerprint density at radius 3 is 2.51 bits per heavy atom. The Labute approximate surface area is 389 Å². The minimum atomic E-state index is -1.84. The number of nitrogens with zero attached hydrogens (tertiary/aromatic N) is 2. The van der Waals surface area contributed by atoms with Crippen molar-refractivity contribution in [2.24, 2.45) is 17.8 Å². The van der Waals surface area contributed by atoms with Gasteiger partial charge in [0.2, 0.25) is 23.6 Å². The molecule has 4 heterocycles. The fraction of sp³-hybridized carbons (Fsp3) is 0.652. The molecular formula is C46H63ClN4O13S. The van der Waals surface area contributed by atoms with Gasteiger partial charge in [0.05, 0.1) is 50.2 Å². The van der Waals surface area contributed by atoms with Crippen molar-refractivity contribution >= 4 is 64.7 Å². The van der Waals surface area contributed by atoms with E-state index in [1.165, 1.54) is 35.8 Å². The number of allylic oxidation sites excluding steroid dienone is 3. The molecule has 17 nitrogen and oxygen atoms in total. The number of epoxide rings is 1. The highest BCUT2D eigenvalue weighted by molar-refractivity contribution is 8.00. The first-order valence-electron chi connectivity index (χ1n) is 22.2. The molecule has 1 aromatic rings. The first kappa shape index (κ1) is 50.2. The van der Waals surface area contributed by atoms with E-state index < -0.39 is 64.9 Å². The van der Waals surface area contributed by atoms with Crippen LogP contribution in [0.25, 0.3) is 0 Å². The molecule has 4 bridgehead atoms. The van der Waals surface area contributed by atoms with Crippen molar-refractivity contribution in [3.63, 3.8) is 0 Å². The maximum Gasteiger partial charge on any atom is 0.409 e. The third-order valence-electron chi connectivity index (χ3n) is 13.3. The maximum atomic E-state index is 14.2. The normalized spacial score (nSPS) is 33.3. The van der Waals surface area contributed by atoms with Gasteiger partial charge < -0.3 is 43.7 Å². The summed E-state index contributed by atoms with van der Waals surface area (Å²) in [4.78, 5) is 81.4. The van der Waals surface area contributed by atoms with E-state index in [1.807, 2.05) is 13.0 Å². The number of esters is 1. The van der Waals surface area contributed by atoms with E-state index in [2.05, 4.69) is 10.6 Å². The third-order valence-corrected chi connectivity index (χ3v) is 14.9. The number of methoxy groups -OCH3 is 2. The fourth-order valence-electron chi connectivity index (χ4n) is 9.37. The van der Waals surface area contributed by atoms with Crippen LogP contribution in [0.3, 0.4) is 0 Å². The number of fused-ring (bicyclic) bond motifs is 5. The summed E-state index contributed by atoms with van der Waals surface area (Å²) in [6.07, 6.45) is 3.97. The van der Waals surface area contributed by atoms with Crippen LogP contribution in [0.5, 0.6) is 5.75 Å². The lowest BCUT2D eigenvalue weighted by Gasteiger charge is -2.42. The number of amides is 5. The quantitative estimate of drug-likeness (QED) is 0.108. The second kappa shape index (κ2) is 21.6. The van der Waals surface area contributed by atoms with E-state index in [4.69, 9.17) is 40.0 Å². The van der Waals surface area contributed by atoms with Crippen LogP contribution in [0.1, 0.15) is 77.7 Å². The zero-order valence-corrected chi connectivity index (χ0v) is 39.8. The number of aliphatic hydroxyl groups is 1.